The zero-order valence-corrected chi connectivity index (χ0v) is 78.4. The summed E-state index contributed by atoms with van der Waals surface area (Å²) in [5.74, 6) is -0.624. The summed E-state index contributed by atoms with van der Waals surface area (Å²) in [6.45, 7) is 27.1. The Morgan fingerprint density at radius 1 is 0.516 bits per heavy atom. The maximum atomic E-state index is 14.0. The van der Waals surface area contributed by atoms with E-state index in [0.717, 1.165) is 32.8 Å². The largest absolute Gasteiger partial charge is 0.493 e. The number of benzene rings is 5. The van der Waals surface area contributed by atoms with Gasteiger partial charge >= 0.3 is 24.2 Å². The number of aliphatic hydroxyl groups excluding tert-OH is 2. The molecule has 15 rings (SSSR count). The topological polar surface area (TPSA) is 383 Å². The molecular weight excluding hydrogens is 1810 g/mol. The van der Waals surface area contributed by atoms with Crippen LogP contribution in [0, 0.1) is 23.3 Å². The Bertz CT molecular complexity index is 5960. The van der Waals surface area contributed by atoms with Crippen molar-refractivity contribution in [2.75, 3.05) is 52.8 Å². The Morgan fingerprint density at radius 3 is 1.32 bits per heavy atom. The number of rotatable bonds is 17. The van der Waals surface area contributed by atoms with Crippen LogP contribution in [0.15, 0.2) is 145 Å². The fourth-order valence-corrected chi connectivity index (χ4v) is 17.4. The summed E-state index contributed by atoms with van der Waals surface area (Å²) in [6.07, 6.45) is -0.831. The molecule has 6 N–H and O–H groups in total. The zero-order valence-electron chi connectivity index (χ0n) is 73.6. The van der Waals surface area contributed by atoms with Crippen LogP contribution in [0.4, 0.5) is 31.9 Å². The highest BCUT2D eigenvalue weighted by molar-refractivity contribution is 9.09. The van der Waals surface area contributed by atoms with E-state index in [1.54, 1.807) is 137 Å². The van der Waals surface area contributed by atoms with Gasteiger partial charge in [-0.25, -0.2) is 51.7 Å². The fraction of sp³-hybridized carbons (Fsp3) is 0.400. The minimum atomic E-state index is -1.04. The van der Waals surface area contributed by atoms with Gasteiger partial charge < -0.3 is 77.6 Å². The zero-order chi connectivity index (χ0) is 94.0. The van der Waals surface area contributed by atoms with Crippen molar-refractivity contribution in [3.8, 4) is 45.3 Å². The van der Waals surface area contributed by atoms with Crippen molar-refractivity contribution in [1.29, 1.82) is 0 Å². The Labute approximate surface area is 759 Å². The third kappa shape index (κ3) is 24.4. The Kier molecular flexibility index (Phi) is 32.1. The molecule has 7 aromatic heterocycles. The van der Waals surface area contributed by atoms with Gasteiger partial charge in [0.25, 0.3) is 0 Å². The number of hydrogen-bond donors (Lipinski definition) is 4. The lowest BCUT2D eigenvalue weighted by Gasteiger charge is -2.31. The van der Waals surface area contributed by atoms with Crippen molar-refractivity contribution >= 4 is 143 Å². The van der Waals surface area contributed by atoms with Crippen LogP contribution in [0.5, 0.6) is 11.5 Å². The molecule has 29 nitrogen and oxygen atoms in total. The smallest absolute Gasteiger partial charge is 0.412 e. The van der Waals surface area contributed by atoms with E-state index in [0.29, 0.717) is 69.8 Å². The van der Waals surface area contributed by atoms with Crippen molar-refractivity contribution < 1.29 is 117 Å². The van der Waals surface area contributed by atoms with E-state index in [-0.39, 0.29) is 91.0 Å². The van der Waals surface area contributed by atoms with Gasteiger partial charge in [-0.15, -0.1) is 45.3 Å². The van der Waals surface area contributed by atoms with Gasteiger partial charge in [0.2, 0.25) is 23.6 Å². The number of hydrogen-bond acceptors (Lipinski definition) is 29. The molecule has 5 atom stereocenters. The molecule has 12 aromatic rings. The van der Waals surface area contributed by atoms with Gasteiger partial charge in [0, 0.05) is 83.8 Å². The third-order valence-corrected chi connectivity index (χ3v) is 23.9. The number of nitrogens with zero attached hydrogens (tertiary/aromatic N) is 6. The standard InChI is InChI=1S/C23H20FNO5S.C21H23FN2O4S.C13H11FN2O2S.C12H21NO5.C11H20N2O4.C10H6BrFOS/c1-28-20-9-6-13(10-21(20)29-2)18(26)7-8-19(27)23-25-17(11-30-23)15-12-31-22-14(15)4-3-5-16(22)24;1-20(2,3)28-19(25)24-9-16(27-21(24,4)5)18-23-15(10-26-18)13-11-29-17-12(13)7-6-8-14(17)22;14-9-3-1-2-7-8(6-19-12(7)9)10-5-18-13(16-10)11(17)4-15;1-11(2,3)18-10(15)13-7-8(9(14)16-6)17-12(13,4)5;1-10(2,3)17-9(15)13-6-7(8(12)14)16-11(13,4)5;11-4-9(13)7-5-14-10-6(7)2-1-3-8(10)12/h3-6,9-12,19,27H,7-8H2,1-2H3;6-8,10-11,16H,9H2,1-5H3;1-3,5-6,11,17H,4,15H2;8H,7H2,1-6H3;7H,6H2,1-5H3,(H2,12,14);1-3,5H,4H2. The molecule has 0 bridgehead atoms. The van der Waals surface area contributed by atoms with E-state index in [1.165, 1.54) is 124 Å². The van der Waals surface area contributed by atoms with Crippen LogP contribution in [-0.2, 0) is 42.7 Å². The molecule has 10 heterocycles. The number of primary amides is 1. The van der Waals surface area contributed by atoms with Crippen LogP contribution < -0.4 is 20.9 Å². The number of alkyl halides is 1. The summed E-state index contributed by atoms with van der Waals surface area (Å²) >= 11 is 8.30. The molecule has 5 unspecified atom stereocenters. The van der Waals surface area contributed by atoms with Crippen molar-refractivity contribution in [2.45, 2.75) is 181 Å². The average Bonchev–Trinajstić information content (AvgIpc) is 1.67. The van der Waals surface area contributed by atoms with E-state index >= 15 is 0 Å². The number of carbonyl (C=O) groups excluding carboxylic acids is 7. The number of nitrogens with two attached hydrogens (primary N) is 2. The van der Waals surface area contributed by atoms with E-state index in [1.807, 2.05) is 55.1 Å². The molecule has 38 heteroatoms. The summed E-state index contributed by atoms with van der Waals surface area (Å²) in [6, 6.07) is 24.5. The van der Waals surface area contributed by atoms with E-state index < -0.39 is 94.7 Å². The number of amides is 4. The molecule has 3 aliphatic rings. The van der Waals surface area contributed by atoms with Crippen LogP contribution in [0.2, 0.25) is 0 Å². The maximum absolute atomic E-state index is 14.0. The first-order chi connectivity index (χ1) is 60.1. The summed E-state index contributed by atoms with van der Waals surface area (Å²) in [4.78, 5) is 100. The summed E-state index contributed by atoms with van der Waals surface area (Å²) in [7, 11) is 4.31. The number of Topliss-reactive ketones (excluding diaryl/α,β-unsaturated/α-hetero) is 2. The van der Waals surface area contributed by atoms with Gasteiger partial charge in [0.05, 0.1) is 65.1 Å². The predicted molar refractivity (Wildman–Crippen MR) is 480 cm³/mol. The summed E-state index contributed by atoms with van der Waals surface area (Å²) < 4.78 is 121. The average molecular weight is 1910 g/mol. The van der Waals surface area contributed by atoms with Crippen LogP contribution >= 0.6 is 61.3 Å². The number of oxazole rings is 3. The number of methoxy groups -OCH3 is 3. The molecule has 4 amide bonds. The molecule has 0 aliphatic carbocycles. The molecule has 686 valence electrons. The number of carbonyl (C=O) groups is 7. The van der Waals surface area contributed by atoms with Crippen LogP contribution in [0.3, 0.4) is 0 Å². The van der Waals surface area contributed by atoms with Gasteiger partial charge in [0.15, 0.2) is 41.4 Å². The maximum Gasteiger partial charge on any atom is 0.412 e. The second kappa shape index (κ2) is 41.3. The summed E-state index contributed by atoms with van der Waals surface area (Å²) in [5, 5.41) is 30.5. The molecule has 3 fully saturated rings. The van der Waals surface area contributed by atoms with Gasteiger partial charge in [-0.2, -0.15) is 0 Å². The van der Waals surface area contributed by atoms with Crippen molar-refractivity contribution in [2.24, 2.45) is 11.5 Å². The van der Waals surface area contributed by atoms with Crippen molar-refractivity contribution in [1.82, 2.24) is 29.7 Å². The predicted octanol–water partition coefficient (Wildman–Crippen LogP) is 19.8. The molecular formula is C90H101BrF4N8O21S4. The van der Waals surface area contributed by atoms with Gasteiger partial charge in [-0.1, -0.05) is 64.5 Å². The van der Waals surface area contributed by atoms with Crippen LogP contribution in [0.25, 0.3) is 74.1 Å². The first-order valence-electron chi connectivity index (χ1n) is 39.9. The number of fused-ring (bicyclic) bond motifs is 4. The lowest BCUT2D eigenvalue weighted by molar-refractivity contribution is -0.158. The molecule has 0 radical (unpaired) electrons. The molecule has 5 aromatic carbocycles. The highest BCUT2D eigenvalue weighted by Gasteiger charge is 2.49. The second-order valence-corrected chi connectivity index (χ2v) is 37.6. The highest BCUT2D eigenvalue weighted by atomic mass is 79.9. The van der Waals surface area contributed by atoms with Crippen LogP contribution in [-0.4, -0.2) is 181 Å². The molecule has 3 saturated heterocycles. The molecule has 128 heavy (non-hydrogen) atoms. The third-order valence-electron chi connectivity index (χ3n) is 19.4. The minimum absolute atomic E-state index is 0.0122. The van der Waals surface area contributed by atoms with Gasteiger partial charge in [-0.3, -0.25) is 29.1 Å². The number of aromatic nitrogens is 3. The van der Waals surface area contributed by atoms with Crippen LogP contribution in [0.1, 0.15) is 173 Å². The fourth-order valence-electron chi connectivity index (χ4n) is 13.2. The Balaban J connectivity index is 0.000000164. The van der Waals surface area contributed by atoms with Gasteiger partial charge in [-0.05, 0) is 153 Å². The highest BCUT2D eigenvalue weighted by Crippen LogP contribution is 2.43. The molecule has 0 saturated carbocycles. The first-order valence-corrected chi connectivity index (χ1v) is 44.6. The number of esters is 1. The van der Waals surface area contributed by atoms with Gasteiger partial charge in [0.1, 0.15) is 105 Å². The van der Waals surface area contributed by atoms with Crippen molar-refractivity contribution in [3.63, 3.8) is 0 Å². The van der Waals surface area contributed by atoms with E-state index in [2.05, 4.69) is 35.6 Å². The number of ketones is 2. The molecule has 0 spiro atoms. The Morgan fingerprint density at radius 2 is 0.906 bits per heavy atom. The van der Waals surface area contributed by atoms with E-state index in [9.17, 15) is 61.3 Å². The number of halogens is 5. The lowest BCUT2D eigenvalue weighted by Crippen LogP contribution is -2.46. The molecule has 3 aliphatic heterocycles. The lowest BCUT2D eigenvalue weighted by atomic mass is 10.0. The first kappa shape index (κ1) is 99.4. The monoisotopic (exact) mass is 1910 g/mol. The Hall–Kier alpha value is -10.8. The SMILES string of the molecule is CC(C)(C)OC(=O)N1CC(C(N)=O)OC1(C)C.CC(C)(C)OC(=O)N1CC(c2nc(-c3csc4c(F)cccc34)co2)OC1(C)C.COC(=O)C1CN(C(=O)OC(C)(C)C)C(C)(C)O1.COc1ccc(C(=O)CCC(O)c2nc(-c3csc4c(F)cccc34)co2)cc1OC.NCC(O)c1nc(-c2csc3c(F)cccc23)co1.O=C(CBr)c1csc2c(F)cccc12. The summed E-state index contributed by atoms with van der Waals surface area (Å²) in [5.41, 5.74) is 11.2. The number of thiophene rings is 4. The van der Waals surface area contributed by atoms with Crippen molar-refractivity contribution in [3.05, 3.63) is 183 Å². The number of ether oxygens (including phenoxy) is 9. The van der Waals surface area contributed by atoms with E-state index in [4.69, 9.17) is 62.6 Å². The second-order valence-electron chi connectivity index (χ2n) is 33.5. The minimum Gasteiger partial charge on any atom is -0.493 e. The normalized spacial score (nSPS) is 16.7. The number of aliphatic hydroxyl groups is 2. The quantitative estimate of drug-likeness (QED) is 0.0216.